The smallest absolute Gasteiger partial charge is 0.235 e. The number of thioether (sulfide) groups is 1. The molecule has 2 rings (SSSR count). The second kappa shape index (κ2) is 8.27. The summed E-state index contributed by atoms with van der Waals surface area (Å²) < 4.78 is 5.38. The second-order valence-electron chi connectivity index (χ2n) is 6.66. The summed E-state index contributed by atoms with van der Waals surface area (Å²) in [5.74, 6) is 0.0297. The maximum atomic E-state index is 12.7. The Hall–Kier alpha value is -1.18. The second-order valence-corrected chi connectivity index (χ2v) is 7.97. The standard InChI is InChI=1S/C17H27N3O3S/c1-12-9-13(2)19-16(18-12)24-14(3)15(22)20(4)10-17(11-21)5-7-23-8-6-17/h9,14,21H,5-8,10-11H2,1-4H3/t14-/m1/s1. The van der Waals surface area contributed by atoms with Gasteiger partial charge in [0.2, 0.25) is 5.91 Å². The number of hydrogen-bond acceptors (Lipinski definition) is 6. The number of carbonyl (C=O) groups is 1. The van der Waals surface area contributed by atoms with Crippen LogP contribution >= 0.6 is 11.8 Å². The lowest BCUT2D eigenvalue weighted by molar-refractivity contribution is -0.132. The van der Waals surface area contributed by atoms with Crippen LogP contribution in [0.15, 0.2) is 11.2 Å². The van der Waals surface area contributed by atoms with E-state index in [0.29, 0.717) is 24.9 Å². The Bertz CT molecular complexity index is 556. The number of hydrogen-bond donors (Lipinski definition) is 1. The maximum absolute atomic E-state index is 12.7. The fraction of sp³-hybridized carbons (Fsp3) is 0.706. The molecule has 0 unspecified atom stereocenters. The molecule has 0 radical (unpaired) electrons. The quantitative estimate of drug-likeness (QED) is 0.621. The summed E-state index contributed by atoms with van der Waals surface area (Å²) in [6.45, 7) is 7.63. The number of aliphatic hydroxyl groups is 1. The van der Waals surface area contributed by atoms with Crippen molar-refractivity contribution in [1.29, 1.82) is 0 Å². The molecule has 1 aromatic rings. The number of aryl methyl sites for hydroxylation is 2. The molecule has 0 spiro atoms. The predicted octanol–water partition coefficient (Wildman–Crippen LogP) is 1.82. The van der Waals surface area contributed by atoms with Gasteiger partial charge in [-0.15, -0.1) is 0 Å². The third kappa shape index (κ3) is 4.91. The number of amides is 1. The molecule has 1 saturated heterocycles. The molecule has 1 aliphatic rings. The third-order valence-electron chi connectivity index (χ3n) is 4.43. The molecule has 0 aliphatic carbocycles. The van der Waals surface area contributed by atoms with E-state index >= 15 is 0 Å². The van der Waals surface area contributed by atoms with Crippen LogP contribution in [0.2, 0.25) is 0 Å². The van der Waals surface area contributed by atoms with Gasteiger partial charge in [-0.3, -0.25) is 4.79 Å². The molecule has 2 heterocycles. The van der Waals surface area contributed by atoms with Gasteiger partial charge in [-0.2, -0.15) is 0 Å². The van der Waals surface area contributed by atoms with Crippen LogP contribution in [-0.4, -0.2) is 64.5 Å². The van der Waals surface area contributed by atoms with Gasteiger partial charge in [-0.05, 0) is 39.7 Å². The molecule has 7 heteroatoms. The fourth-order valence-electron chi connectivity index (χ4n) is 3.02. The first kappa shape index (κ1) is 19.1. The number of carbonyl (C=O) groups excluding carboxylic acids is 1. The molecular weight excluding hydrogens is 326 g/mol. The highest BCUT2D eigenvalue weighted by Gasteiger charge is 2.35. The Kier molecular flexibility index (Phi) is 6.60. The Balaban J connectivity index is 1.98. The zero-order valence-electron chi connectivity index (χ0n) is 14.9. The van der Waals surface area contributed by atoms with Gasteiger partial charge in [0, 0.05) is 43.6 Å². The van der Waals surface area contributed by atoms with Crippen LogP contribution in [0.4, 0.5) is 0 Å². The summed E-state index contributed by atoms with van der Waals surface area (Å²) in [6.07, 6.45) is 1.56. The van der Waals surface area contributed by atoms with Crippen LogP contribution in [0.3, 0.4) is 0 Å². The van der Waals surface area contributed by atoms with Gasteiger partial charge in [0.25, 0.3) is 0 Å². The summed E-state index contributed by atoms with van der Waals surface area (Å²) in [5.41, 5.74) is 1.56. The van der Waals surface area contributed by atoms with Gasteiger partial charge >= 0.3 is 0 Å². The molecular formula is C17H27N3O3S. The summed E-state index contributed by atoms with van der Waals surface area (Å²) in [5, 5.41) is 10.1. The molecule has 1 atom stereocenters. The van der Waals surface area contributed by atoms with Crippen LogP contribution in [0, 0.1) is 19.3 Å². The Morgan fingerprint density at radius 2 is 1.96 bits per heavy atom. The van der Waals surface area contributed by atoms with Crippen molar-refractivity contribution in [3.8, 4) is 0 Å². The van der Waals surface area contributed by atoms with Gasteiger partial charge in [-0.25, -0.2) is 9.97 Å². The minimum Gasteiger partial charge on any atom is -0.396 e. The van der Waals surface area contributed by atoms with E-state index in [-0.39, 0.29) is 23.2 Å². The Morgan fingerprint density at radius 1 is 1.38 bits per heavy atom. The average molecular weight is 353 g/mol. The molecule has 1 amide bonds. The summed E-state index contributed by atoms with van der Waals surface area (Å²) in [6, 6.07) is 1.92. The van der Waals surface area contributed by atoms with Gasteiger partial charge < -0.3 is 14.7 Å². The first-order chi connectivity index (χ1) is 11.3. The molecule has 1 N–H and O–H groups in total. The number of ether oxygens (including phenoxy) is 1. The van der Waals surface area contributed by atoms with Crippen molar-refractivity contribution in [3.63, 3.8) is 0 Å². The summed E-state index contributed by atoms with van der Waals surface area (Å²) in [4.78, 5) is 23.2. The Labute approximate surface area is 148 Å². The first-order valence-corrected chi connectivity index (χ1v) is 9.16. The van der Waals surface area contributed by atoms with E-state index in [1.54, 1.807) is 11.9 Å². The van der Waals surface area contributed by atoms with E-state index in [1.165, 1.54) is 11.8 Å². The molecule has 24 heavy (non-hydrogen) atoms. The molecule has 1 fully saturated rings. The molecule has 6 nitrogen and oxygen atoms in total. The van der Waals surface area contributed by atoms with Gasteiger partial charge in [0.05, 0.1) is 11.9 Å². The van der Waals surface area contributed by atoms with Gasteiger partial charge in [0.1, 0.15) is 0 Å². The largest absolute Gasteiger partial charge is 0.396 e. The predicted molar refractivity (Wildman–Crippen MR) is 94.0 cm³/mol. The molecule has 1 aromatic heterocycles. The van der Waals surface area contributed by atoms with E-state index in [4.69, 9.17) is 4.74 Å². The zero-order chi connectivity index (χ0) is 17.7. The summed E-state index contributed by atoms with van der Waals surface area (Å²) in [7, 11) is 1.80. The van der Waals surface area contributed by atoms with E-state index < -0.39 is 0 Å². The van der Waals surface area contributed by atoms with E-state index in [0.717, 1.165) is 24.2 Å². The van der Waals surface area contributed by atoms with Crippen LogP contribution in [0.1, 0.15) is 31.2 Å². The number of rotatable bonds is 6. The number of aliphatic hydroxyl groups excluding tert-OH is 1. The summed E-state index contributed by atoms with van der Waals surface area (Å²) >= 11 is 1.38. The molecule has 134 valence electrons. The highest BCUT2D eigenvalue weighted by atomic mass is 32.2. The lowest BCUT2D eigenvalue weighted by atomic mass is 9.80. The van der Waals surface area contributed by atoms with Crippen molar-refractivity contribution >= 4 is 17.7 Å². The number of aromatic nitrogens is 2. The van der Waals surface area contributed by atoms with Crippen molar-refractivity contribution in [1.82, 2.24) is 14.9 Å². The van der Waals surface area contributed by atoms with Crippen molar-refractivity contribution in [2.75, 3.05) is 33.4 Å². The van der Waals surface area contributed by atoms with Crippen LogP contribution in [-0.2, 0) is 9.53 Å². The monoisotopic (exact) mass is 353 g/mol. The van der Waals surface area contributed by atoms with Crippen LogP contribution in [0.5, 0.6) is 0 Å². The number of nitrogens with zero attached hydrogens (tertiary/aromatic N) is 3. The fourth-order valence-corrected chi connectivity index (χ4v) is 4.01. The van der Waals surface area contributed by atoms with E-state index in [1.807, 2.05) is 26.8 Å². The normalized spacial score (nSPS) is 18.2. The molecule has 0 saturated carbocycles. The van der Waals surface area contributed by atoms with Gasteiger partial charge in [0.15, 0.2) is 5.16 Å². The molecule has 0 aromatic carbocycles. The lowest BCUT2D eigenvalue weighted by Gasteiger charge is -2.39. The third-order valence-corrected chi connectivity index (χ3v) is 5.38. The average Bonchev–Trinajstić information content (AvgIpc) is 2.53. The minimum absolute atomic E-state index is 0.0297. The minimum atomic E-state index is -0.271. The van der Waals surface area contributed by atoms with Crippen LogP contribution < -0.4 is 0 Å². The maximum Gasteiger partial charge on any atom is 0.235 e. The SMILES string of the molecule is Cc1cc(C)nc(S[C@H](C)C(=O)N(C)CC2(CO)CCOCC2)n1. The van der Waals surface area contributed by atoms with E-state index in [2.05, 4.69) is 9.97 Å². The highest BCUT2D eigenvalue weighted by Crippen LogP contribution is 2.31. The van der Waals surface area contributed by atoms with Crippen LogP contribution in [0.25, 0.3) is 0 Å². The van der Waals surface area contributed by atoms with Crippen molar-refractivity contribution in [2.24, 2.45) is 5.41 Å². The van der Waals surface area contributed by atoms with Gasteiger partial charge in [-0.1, -0.05) is 11.8 Å². The zero-order valence-corrected chi connectivity index (χ0v) is 15.7. The van der Waals surface area contributed by atoms with Crippen molar-refractivity contribution in [2.45, 2.75) is 44.0 Å². The highest BCUT2D eigenvalue weighted by molar-refractivity contribution is 8.00. The topological polar surface area (TPSA) is 75.6 Å². The molecule has 0 bridgehead atoms. The molecule has 1 aliphatic heterocycles. The first-order valence-electron chi connectivity index (χ1n) is 8.28. The van der Waals surface area contributed by atoms with Crippen molar-refractivity contribution in [3.05, 3.63) is 17.5 Å². The Morgan fingerprint density at radius 3 is 2.50 bits per heavy atom. The lowest BCUT2D eigenvalue weighted by Crippen LogP contribution is -2.46. The van der Waals surface area contributed by atoms with Crippen molar-refractivity contribution < 1.29 is 14.6 Å². The van der Waals surface area contributed by atoms with E-state index in [9.17, 15) is 9.90 Å².